The molecule has 1 saturated heterocycles. The van der Waals surface area contributed by atoms with Crippen molar-refractivity contribution in [2.24, 2.45) is 0 Å². The summed E-state index contributed by atoms with van der Waals surface area (Å²) in [5, 5.41) is 9.73. The molecule has 6 heteroatoms. The van der Waals surface area contributed by atoms with Crippen LogP contribution in [-0.2, 0) is 0 Å². The Balaban J connectivity index is 1.87. The van der Waals surface area contributed by atoms with Crippen LogP contribution in [0.25, 0.3) is 0 Å². The van der Waals surface area contributed by atoms with Crippen molar-refractivity contribution in [1.29, 1.82) is 0 Å². The van der Waals surface area contributed by atoms with E-state index in [9.17, 15) is 14.7 Å². The first-order chi connectivity index (χ1) is 12.1. The standard InChI is InChI=1S/C19H25ClN2O3/c20-17-10-6-5-9-16(17)18(23)22(14-7-3-1-2-4-8-14)15-11-12-21(13-15)19(24)25/h5-6,9-10,14-15H,1-4,7-8,11-13H2,(H,24,25)/t15-/m0/s1. The Hall–Kier alpha value is -1.75. The smallest absolute Gasteiger partial charge is 0.407 e. The number of halogens is 1. The molecule has 1 aromatic rings. The van der Waals surface area contributed by atoms with E-state index in [-0.39, 0.29) is 18.0 Å². The van der Waals surface area contributed by atoms with Crippen molar-refractivity contribution in [2.75, 3.05) is 13.1 Å². The molecule has 1 atom stereocenters. The largest absolute Gasteiger partial charge is 0.465 e. The zero-order valence-corrected chi connectivity index (χ0v) is 15.1. The lowest BCUT2D eigenvalue weighted by molar-refractivity contribution is 0.0551. The molecule has 0 unspecified atom stereocenters. The zero-order chi connectivity index (χ0) is 17.8. The third kappa shape index (κ3) is 4.09. The number of hydrogen-bond acceptors (Lipinski definition) is 2. The number of carbonyl (C=O) groups excluding carboxylic acids is 1. The van der Waals surface area contributed by atoms with E-state index in [0.717, 1.165) is 25.7 Å². The van der Waals surface area contributed by atoms with Crippen LogP contribution in [-0.4, -0.2) is 52.1 Å². The van der Waals surface area contributed by atoms with Crippen LogP contribution in [0.5, 0.6) is 0 Å². The Morgan fingerprint density at radius 1 is 1.04 bits per heavy atom. The summed E-state index contributed by atoms with van der Waals surface area (Å²) >= 11 is 6.27. The maximum Gasteiger partial charge on any atom is 0.407 e. The summed E-state index contributed by atoms with van der Waals surface area (Å²) < 4.78 is 0. The summed E-state index contributed by atoms with van der Waals surface area (Å²) in [5.74, 6) is -0.0604. The normalized spacial score (nSPS) is 21.8. The topological polar surface area (TPSA) is 60.9 Å². The van der Waals surface area contributed by atoms with E-state index in [2.05, 4.69) is 0 Å². The fourth-order valence-corrected chi connectivity index (χ4v) is 4.30. The van der Waals surface area contributed by atoms with Gasteiger partial charge in [0, 0.05) is 19.1 Å². The number of hydrogen-bond donors (Lipinski definition) is 1. The van der Waals surface area contributed by atoms with Crippen LogP contribution in [0.4, 0.5) is 4.79 Å². The number of amides is 2. The monoisotopic (exact) mass is 364 g/mol. The highest BCUT2D eigenvalue weighted by Crippen LogP contribution is 2.30. The molecule has 1 aliphatic heterocycles. The molecule has 1 heterocycles. The van der Waals surface area contributed by atoms with Gasteiger partial charge in [0.1, 0.15) is 0 Å². The quantitative estimate of drug-likeness (QED) is 0.815. The zero-order valence-electron chi connectivity index (χ0n) is 14.4. The lowest BCUT2D eigenvalue weighted by Crippen LogP contribution is -2.48. The van der Waals surface area contributed by atoms with Crippen molar-refractivity contribution in [3.63, 3.8) is 0 Å². The molecule has 1 saturated carbocycles. The van der Waals surface area contributed by atoms with Gasteiger partial charge in [-0.2, -0.15) is 0 Å². The maximum atomic E-state index is 13.3. The molecule has 1 N–H and O–H groups in total. The van der Waals surface area contributed by atoms with Crippen LogP contribution < -0.4 is 0 Å². The average Bonchev–Trinajstić information content (AvgIpc) is 2.92. The lowest BCUT2D eigenvalue weighted by atomic mass is 10.0. The molecule has 0 aromatic heterocycles. The number of carboxylic acid groups (broad SMARTS) is 1. The van der Waals surface area contributed by atoms with Gasteiger partial charge in [-0.25, -0.2) is 4.79 Å². The molecule has 0 bridgehead atoms. The van der Waals surface area contributed by atoms with Gasteiger partial charge in [-0.1, -0.05) is 49.4 Å². The van der Waals surface area contributed by atoms with E-state index < -0.39 is 6.09 Å². The highest BCUT2D eigenvalue weighted by Gasteiger charge is 2.37. The van der Waals surface area contributed by atoms with Gasteiger partial charge < -0.3 is 14.9 Å². The first-order valence-corrected chi connectivity index (χ1v) is 9.51. The van der Waals surface area contributed by atoms with Crippen LogP contribution in [0.1, 0.15) is 55.3 Å². The van der Waals surface area contributed by atoms with Crippen molar-refractivity contribution in [2.45, 2.75) is 57.0 Å². The molecule has 3 rings (SSSR count). The van der Waals surface area contributed by atoms with Gasteiger partial charge in [-0.15, -0.1) is 0 Å². The first kappa shape index (κ1) is 18.1. The molecular weight excluding hydrogens is 340 g/mol. The second kappa shape index (κ2) is 8.09. The minimum Gasteiger partial charge on any atom is -0.465 e. The average molecular weight is 365 g/mol. The molecule has 25 heavy (non-hydrogen) atoms. The Labute approximate surface area is 153 Å². The minimum absolute atomic E-state index is 0.0604. The molecule has 2 fully saturated rings. The van der Waals surface area contributed by atoms with Crippen LogP contribution in [0.2, 0.25) is 5.02 Å². The Morgan fingerprint density at radius 2 is 1.72 bits per heavy atom. The second-order valence-electron chi connectivity index (χ2n) is 7.01. The summed E-state index contributed by atoms with van der Waals surface area (Å²) in [6.45, 7) is 0.876. The number of likely N-dealkylation sites (tertiary alicyclic amines) is 1. The summed E-state index contributed by atoms with van der Waals surface area (Å²) in [6, 6.07) is 7.24. The molecule has 0 spiro atoms. The van der Waals surface area contributed by atoms with Gasteiger partial charge in [0.05, 0.1) is 16.6 Å². The van der Waals surface area contributed by atoms with Gasteiger partial charge in [0.15, 0.2) is 0 Å². The van der Waals surface area contributed by atoms with Crippen molar-refractivity contribution in [3.05, 3.63) is 34.9 Å². The van der Waals surface area contributed by atoms with Gasteiger partial charge in [-0.3, -0.25) is 4.79 Å². The predicted octanol–water partition coefficient (Wildman–Crippen LogP) is 4.26. The molecule has 0 radical (unpaired) electrons. The minimum atomic E-state index is -0.909. The van der Waals surface area contributed by atoms with Crippen molar-refractivity contribution >= 4 is 23.6 Å². The molecule has 1 aliphatic carbocycles. The van der Waals surface area contributed by atoms with Gasteiger partial charge >= 0.3 is 6.09 Å². The van der Waals surface area contributed by atoms with Gasteiger partial charge in [0.2, 0.25) is 0 Å². The summed E-state index contributed by atoms with van der Waals surface area (Å²) in [5.41, 5.74) is 0.516. The van der Waals surface area contributed by atoms with Crippen LogP contribution in [0, 0.1) is 0 Å². The van der Waals surface area contributed by atoms with Crippen molar-refractivity contribution in [3.8, 4) is 0 Å². The van der Waals surface area contributed by atoms with E-state index in [1.54, 1.807) is 12.1 Å². The van der Waals surface area contributed by atoms with E-state index in [4.69, 9.17) is 11.6 Å². The SMILES string of the molecule is O=C(O)N1CC[C@H](N(C(=O)c2ccccc2Cl)C2CCCCCC2)C1. The molecule has 1 aromatic carbocycles. The van der Waals surface area contributed by atoms with E-state index >= 15 is 0 Å². The third-order valence-corrected chi connectivity index (χ3v) is 5.71. The first-order valence-electron chi connectivity index (χ1n) is 9.13. The van der Waals surface area contributed by atoms with Gasteiger partial charge in [-0.05, 0) is 31.4 Å². The third-order valence-electron chi connectivity index (χ3n) is 5.38. The Bertz CT molecular complexity index is 629. The second-order valence-corrected chi connectivity index (χ2v) is 7.42. The number of benzene rings is 1. The number of rotatable bonds is 3. The van der Waals surface area contributed by atoms with Crippen molar-refractivity contribution in [1.82, 2.24) is 9.80 Å². The van der Waals surface area contributed by atoms with Crippen LogP contribution in [0.15, 0.2) is 24.3 Å². The lowest BCUT2D eigenvalue weighted by Gasteiger charge is -2.36. The van der Waals surface area contributed by atoms with E-state index in [1.807, 2.05) is 17.0 Å². The molecule has 2 aliphatic rings. The molecule has 136 valence electrons. The van der Waals surface area contributed by atoms with Gasteiger partial charge in [0.25, 0.3) is 5.91 Å². The maximum absolute atomic E-state index is 13.3. The van der Waals surface area contributed by atoms with Crippen molar-refractivity contribution < 1.29 is 14.7 Å². The van der Waals surface area contributed by atoms with E-state index in [1.165, 1.54) is 17.7 Å². The summed E-state index contributed by atoms with van der Waals surface area (Å²) in [6.07, 6.45) is 6.40. The summed E-state index contributed by atoms with van der Waals surface area (Å²) in [7, 11) is 0. The molecule has 5 nitrogen and oxygen atoms in total. The summed E-state index contributed by atoms with van der Waals surface area (Å²) in [4.78, 5) is 28.0. The number of nitrogens with zero attached hydrogens (tertiary/aromatic N) is 2. The highest BCUT2D eigenvalue weighted by molar-refractivity contribution is 6.33. The van der Waals surface area contributed by atoms with E-state index in [0.29, 0.717) is 30.1 Å². The highest BCUT2D eigenvalue weighted by atomic mass is 35.5. The number of carbonyl (C=O) groups is 2. The van der Waals surface area contributed by atoms with Crippen LogP contribution in [0.3, 0.4) is 0 Å². The molecule has 2 amide bonds. The fraction of sp³-hybridized carbons (Fsp3) is 0.579. The fourth-order valence-electron chi connectivity index (χ4n) is 4.08. The molecular formula is C19H25ClN2O3. The Kier molecular flexibility index (Phi) is 5.84. The predicted molar refractivity (Wildman–Crippen MR) is 97.1 cm³/mol. The Morgan fingerprint density at radius 3 is 2.32 bits per heavy atom. The van der Waals surface area contributed by atoms with Crippen LogP contribution >= 0.6 is 11.6 Å².